The number of carboxylic acid groups (broad SMARTS) is 1. The maximum Gasteiger partial charge on any atom is 0.335 e. The van der Waals surface area contributed by atoms with Crippen LogP contribution in [0.1, 0.15) is 22.8 Å². The molecule has 1 aromatic heterocycles. The number of rotatable bonds is 3. The van der Waals surface area contributed by atoms with Crippen molar-refractivity contribution in [2.24, 2.45) is 0 Å². The van der Waals surface area contributed by atoms with Gasteiger partial charge in [-0.1, -0.05) is 12.1 Å². The van der Waals surface area contributed by atoms with Crippen LogP contribution in [0.5, 0.6) is 5.75 Å². The van der Waals surface area contributed by atoms with E-state index in [1.807, 2.05) is 0 Å². The highest BCUT2D eigenvalue weighted by Gasteiger charge is 2.32. The van der Waals surface area contributed by atoms with Gasteiger partial charge in [0.25, 0.3) is 5.91 Å². The number of nitrogens with zero attached hydrogens (tertiary/aromatic N) is 2. The van der Waals surface area contributed by atoms with Crippen LogP contribution >= 0.6 is 0 Å². The standard InChI is InChI=1S/C16H15N3O4/c1-9-15(20)19(14-12(23-9)5-6-13(17)18-14)8-10-3-2-4-11(7-10)16(21)22/h2-7,9H,8H2,1H3,(H2,17,18)(H,21,22). The van der Waals surface area contributed by atoms with E-state index in [2.05, 4.69) is 4.98 Å². The normalized spacial score (nSPS) is 16.7. The number of carbonyl (C=O) groups is 2. The van der Waals surface area contributed by atoms with Gasteiger partial charge >= 0.3 is 5.97 Å². The fourth-order valence-corrected chi connectivity index (χ4v) is 2.44. The second kappa shape index (κ2) is 5.60. The highest BCUT2D eigenvalue weighted by atomic mass is 16.5. The number of carbonyl (C=O) groups excluding carboxylic acids is 1. The average Bonchev–Trinajstić information content (AvgIpc) is 2.53. The second-order valence-corrected chi connectivity index (χ2v) is 5.25. The number of nitrogens with two attached hydrogens (primary N) is 1. The fourth-order valence-electron chi connectivity index (χ4n) is 2.44. The number of pyridine rings is 1. The lowest BCUT2D eigenvalue weighted by Gasteiger charge is -2.32. The lowest BCUT2D eigenvalue weighted by molar-refractivity contribution is -0.125. The summed E-state index contributed by atoms with van der Waals surface area (Å²) in [6.07, 6.45) is -0.643. The molecule has 1 amide bonds. The van der Waals surface area contributed by atoms with Gasteiger partial charge in [-0.25, -0.2) is 9.78 Å². The molecule has 118 valence electrons. The predicted molar refractivity (Wildman–Crippen MR) is 83.3 cm³/mol. The predicted octanol–water partition coefficient (Wildman–Crippen LogP) is 1.68. The van der Waals surface area contributed by atoms with Crippen molar-refractivity contribution >= 4 is 23.5 Å². The Morgan fingerprint density at radius 2 is 2.17 bits per heavy atom. The van der Waals surface area contributed by atoms with Crippen LogP contribution in [0, 0.1) is 0 Å². The Morgan fingerprint density at radius 3 is 2.91 bits per heavy atom. The topological polar surface area (TPSA) is 106 Å². The third kappa shape index (κ3) is 2.80. The summed E-state index contributed by atoms with van der Waals surface area (Å²) in [5.41, 5.74) is 6.55. The molecule has 2 aromatic rings. The van der Waals surface area contributed by atoms with Crippen LogP contribution < -0.4 is 15.4 Å². The molecule has 0 spiro atoms. The summed E-state index contributed by atoms with van der Waals surface area (Å²) >= 11 is 0. The van der Waals surface area contributed by atoms with Crippen molar-refractivity contribution in [1.29, 1.82) is 0 Å². The third-order valence-corrected chi connectivity index (χ3v) is 3.55. The second-order valence-electron chi connectivity index (χ2n) is 5.25. The van der Waals surface area contributed by atoms with Crippen LogP contribution in [-0.4, -0.2) is 28.1 Å². The fraction of sp³-hybridized carbons (Fsp3) is 0.188. The molecule has 23 heavy (non-hydrogen) atoms. The first-order chi connectivity index (χ1) is 11.0. The van der Waals surface area contributed by atoms with E-state index < -0.39 is 12.1 Å². The van der Waals surface area contributed by atoms with Crippen molar-refractivity contribution < 1.29 is 19.4 Å². The number of hydrogen-bond acceptors (Lipinski definition) is 5. The van der Waals surface area contributed by atoms with Crippen LogP contribution in [0.25, 0.3) is 0 Å². The summed E-state index contributed by atoms with van der Waals surface area (Å²) in [6.45, 7) is 1.85. The Balaban J connectivity index is 1.98. The van der Waals surface area contributed by atoms with Crippen molar-refractivity contribution in [2.45, 2.75) is 19.6 Å². The van der Waals surface area contributed by atoms with E-state index in [1.54, 1.807) is 31.2 Å². The van der Waals surface area contributed by atoms with Gasteiger partial charge in [-0.05, 0) is 36.8 Å². The molecule has 2 heterocycles. The van der Waals surface area contributed by atoms with E-state index in [0.717, 1.165) is 0 Å². The first-order valence-electron chi connectivity index (χ1n) is 7.02. The SMILES string of the molecule is CC1Oc2ccc(N)nc2N(Cc2cccc(C(=O)O)c2)C1=O. The molecule has 3 rings (SSSR count). The van der Waals surface area contributed by atoms with Crippen LogP contribution in [-0.2, 0) is 11.3 Å². The molecule has 1 aliphatic rings. The van der Waals surface area contributed by atoms with Crippen LogP contribution in [0.15, 0.2) is 36.4 Å². The van der Waals surface area contributed by atoms with E-state index in [0.29, 0.717) is 17.1 Å². The highest BCUT2D eigenvalue weighted by Crippen LogP contribution is 2.33. The number of anilines is 2. The average molecular weight is 313 g/mol. The molecule has 0 fully saturated rings. The van der Waals surface area contributed by atoms with Gasteiger partial charge in [0, 0.05) is 0 Å². The molecule has 0 bridgehead atoms. The first kappa shape index (κ1) is 14.8. The minimum Gasteiger partial charge on any atom is -0.478 e. The summed E-state index contributed by atoms with van der Waals surface area (Å²) in [7, 11) is 0. The smallest absolute Gasteiger partial charge is 0.335 e. The Labute approximate surface area is 132 Å². The number of fused-ring (bicyclic) bond motifs is 1. The zero-order valence-electron chi connectivity index (χ0n) is 12.4. The van der Waals surface area contributed by atoms with Crippen LogP contribution in [0.4, 0.5) is 11.6 Å². The van der Waals surface area contributed by atoms with E-state index >= 15 is 0 Å². The molecule has 3 N–H and O–H groups in total. The molecule has 0 aliphatic carbocycles. The zero-order valence-corrected chi connectivity index (χ0v) is 12.4. The Kier molecular flexibility index (Phi) is 3.61. The van der Waals surface area contributed by atoms with Gasteiger partial charge in [0.2, 0.25) is 0 Å². The van der Waals surface area contributed by atoms with Crippen molar-refractivity contribution in [3.8, 4) is 5.75 Å². The summed E-state index contributed by atoms with van der Waals surface area (Å²) < 4.78 is 5.53. The molecule has 7 heteroatoms. The zero-order chi connectivity index (χ0) is 16.6. The molecular weight excluding hydrogens is 298 g/mol. The number of hydrogen-bond donors (Lipinski definition) is 2. The number of benzene rings is 1. The molecule has 0 saturated carbocycles. The van der Waals surface area contributed by atoms with Gasteiger partial charge in [-0.2, -0.15) is 0 Å². The van der Waals surface area contributed by atoms with Crippen LogP contribution in [0.2, 0.25) is 0 Å². The molecular formula is C16H15N3O4. The highest BCUT2D eigenvalue weighted by molar-refractivity contribution is 5.99. The quantitative estimate of drug-likeness (QED) is 0.893. The van der Waals surface area contributed by atoms with Crippen molar-refractivity contribution in [2.75, 3.05) is 10.6 Å². The lowest BCUT2D eigenvalue weighted by atomic mass is 10.1. The van der Waals surface area contributed by atoms with Gasteiger partial charge in [0.05, 0.1) is 12.1 Å². The Morgan fingerprint density at radius 1 is 1.39 bits per heavy atom. The number of aromatic nitrogens is 1. The summed E-state index contributed by atoms with van der Waals surface area (Å²) in [5.74, 6) is -0.180. The minimum absolute atomic E-state index is 0.164. The summed E-state index contributed by atoms with van der Waals surface area (Å²) in [6, 6.07) is 9.69. The molecule has 0 radical (unpaired) electrons. The van der Waals surface area contributed by atoms with Gasteiger partial charge < -0.3 is 15.6 Å². The largest absolute Gasteiger partial charge is 0.478 e. The molecule has 1 unspecified atom stereocenters. The van der Waals surface area contributed by atoms with Gasteiger partial charge in [0.1, 0.15) is 5.82 Å². The molecule has 1 atom stereocenters. The summed E-state index contributed by atoms with van der Waals surface area (Å²) in [5, 5.41) is 9.07. The number of ether oxygens (including phenoxy) is 1. The van der Waals surface area contributed by atoms with Gasteiger partial charge in [-0.15, -0.1) is 0 Å². The number of carboxylic acids is 1. The van der Waals surface area contributed by atoms with Crippen molar-refractivity contribution in [3.05, 3.63) is 47.5 Å². The number of nitrogen functional groups attached to an aromatic ring is 1. The van der Waals surface area contributed by atoms with Gasteiger partial charge in [-0.3, -0.25) is 9.69 Å². The Bertz CT molecular complexity index is 791. The first-order valence-corrected chi connectivity index (χ1v) is 7.02. The molecule has 1 aliphatic heterocycles. The van der Waals surface area contributed by atoms with Crippen molar-refractivity contribution in [3.63, 3.8) is 0 Å². The molecule has 7 nitrogen and oxygen atoms in total. The van der Waals surface area contributed by atoms with E-state index in [9.17, 15) is 9.59 Å². The maximum atomic E-state index is 12.4. The third-order valence-electron chi connectivity index (χ3n) is 3.55. The summed E-state index contributed by atoms with van der Waals surface area (Å²) in [4.78, 5) is 29.1. The van der Waals surface area contributed by atoms with E-state index in [4.69, 9.17) is 15.6 Å². The number of amides is 1. The maximum absolute atomic E-state index is 12.4. The van der Waals surface area contributed by atoms with E-state index in [-0.39, 0.29) is 23.8 Å². The number of aromatic carboxylic acids is 1. The minimum atomic E-state index is -1.02. The Hall–Kier alpha value is -3.09. The lowest BCUT2D eigenvalue weighted by Crippen LogP contribution is -2.44. The van der Waals surface area contributed by atoms with Crippen LogP contribution in [0.3, 0.4) is 0 Å². The molecule has 0 saturated heterocycles. The van der Waals surface area contributed by atoms with E-state index in [1.165, 1.54) is 17.0 Å². The molecule has 1 aromatic carbocycles. The van der Waals surface area contributed by atoms with Crippen molar-refractivity contribution in [1.82, 2.24) is 4.98 Å². The van der Waals surface area contributed by atoms with Gasteiger partial charge in [0.15, 0.2) is 17.7 Å². The monoisotopic (exact) mass is 313 g/mol.